The predicted octanol–water partition coefficient (Wildman–Crippen LogP) is 2.44. The third-order valence-electron chi connectivity index (χ3n) is 3.08. The van der Waals surface area contributed by atoms with Gasteiger partial charge in [-0.1, -0.05) is 12.1 Å². The lowest BCUT2D eigenvalue weighted by molar-refractivity contribution is 0.100. The molecule has 4 heteroatoms. The molecule has 0 aliphatic carbocycles. The molecule has 2 aromatic rings. The highest BCUT2D eigenvalue weighted by atomic mass is 16.1. The number of anilines is 3. The Hall–Kier alpha value is -2.49. The van der Waals surface area contributed by atoms with Crippen LogP contribution >= 0.6 is 0 Å². The van der Waals surface area contributed by atoms with Crippen LogP contribution in [0.15, 0.2) is 42.5 Å². The Morgan fingerprint density at radius 1 is 1.11 bits per heavy atom. The fourth-order valence-corrected chi connectivity index (χ4v) is 1.95. The standard InChI is InChI=1S/C15H17N3O/c1-10-4-3-5-11(8-10)18(2)12-6-7-14(16)13(9-12)15(17)19/h3-9H,16H2,1-2H3,(H2,17,19). The number of amides is 1. The molecule has 0 fully saturated rings. The quantitative estimate of drug-likeness (QED) is 0.827. The first-order valence-electron chi connectivity index (χ1n) is 5.99. The van der Waals surface area contributed by atoms with Crippen molar-refractivity contribution in [2.24, 2.45) is 5.73 Å². The predicted molar refractivity (Wildman–Crippen MR) is 78.6 cm³/mol. The molecule has 0 atom stereocenters. The summed E-state index contributed by atoms with van der Waals surface area (Å²) in [5, 5.41) is 0. The van der Waals surface area contributed by atoms with Gasteiger partial charge in [-0.15, -0.1) is 0 Å². The van der Waals surface area contributed by atoms with Crippen LogP contribution in [-0.4, -0.2) is 13.0 Å². The molecular weight excluding hydrogens is 238 g/mol. The van der Waals surface area contributed by atoms with E-state index in [0.717, 1.165) is 11.4 Å². The van der Waals surface area contributed by atoms with Gasteiger partial charge < -0.3 is 16.4 Å². The van der Waals surface area contributed by atoms with Crippen molar-refractivity contribution in [3.63, 3.8) is 0 Å². The van der Waals surface area contributed by atoms with Crippen molar-refractivity contribution < 1.29 is 4.79 Å². The van der Waals surface area contributed by atoms with Crippen LogP contribution in [0.1, 0.15) is 15.9 Å². The number of nitrogens with two attached hydrogens (primary N) is 2. The van der Waals surface area contributed by atoms with Crippen molar-refractivity contribution in [2.45, 2.75) is 6.92 Å². The van der Waals surface area contributed by atoms with Gasteiger partial charge in [-0.3, -0.25) is 4.79 Å². The number of nitrogen functional groups attached to an aromatic ring is 1. The lowest BCUT2D eigenvalue weighted by Crippen LogP contribution is -2.16. The molecule has 19 heavy (non-hydrogen) atoms. The Morgan fingerprint density at radius 2 is 1.79 bits per heavy atom. The van der Waals surface area contributed by atoms with Crippen LogP contribution in [-0.2, 0) is 0 Å². The molecule has 0 saturated carbocycles. The maximum atomic E-state index is 11.3. The zero-order valence-electron chi connectivity index (χ0n) is 11.1. The Kier molecular flexibility index (Phi) is 3.42. The summed E-state index contributed by atoms with van der Waals surface area (Å²) in [7, 11) is 1.94. The van der Waals surface area contributed by atoms with Crippen LogP contribution in [0, 0.1) is 6.92 Å². The average molecular weight is 255 g/mol. The number of primary amides is 1. The Morgan fingerprint density at radius 3 is 2.42 bits per heavy atom. The molecule has 0 bridgehead atoms. The molecule has 0 aromatic heterocycles. The highest BCUT2D eigenvalue weighted by molar-refractivity contribution is 5.99. The summed E-state index contributed by atoms with van der Waals surface area (Å²) in [6, 6.07) is 13.4. The third-order valence-corrected chi connectivity index (χ3v) is 3.08. The van der Waals surface area contributed by atoms with Gasteiger partial charge in [0.2, 0.25) is 0 Å². The molecule has 98 valence electrons. The number of carbonyl (C=O) groups is 1. The summed E-state index contributed by atoms with van der Waals surface area (Å²) >= 11 is 0. The van der Waals surface area contributed by atoms with Gasteiger partial charge in [-0.05, 0) is 42.8 Å². The number of benzene rings is 2. The van der Waals surface area contributed by atoms with E-state index in [-0.39, 0.29) is 0 Å². The molecule has 2 rings (SSSR count). The summed E-state index contributed by atoms with van der Waals surface area (Å²) < 4.78 is 0. The van der Waals surface area contributed by atoms with E-state index in [9.17, 15) is 4.79 Å². The van der Waals surface area contributed by atoms with Crippen molar-refractivity contribution >= 4 is 23.0 Å². The smallest absolute Gasteiger partial charge is 0.250 e. The van der Waals surface area contributed by atoms with Gasteiger partial charge in [0, 0.05) is 24.1 Å². The minimum absolute atomic E-state index is 0.344. The minimum atomic E-state index is -0.517. The normalized spacial score (nSPS) is 10.2. The highest BCUT2D eigenvalue weighted by Gasteiger charge is 2.10. The topological polar surface area (TPSA) is 72.3 Å². The summed E-state index contributed by atoms with van der Waals surface area (Å²) in [6.45, 7) is 2.04. The second-order valence-electron chi connectivity index (χ2n) is 4.53. The monoisotopic (exact) mass is 255 g/mol. The fraction of sp³-hybridized carbons (Fsp3) is 0.133. The van der Waals surface area contributed by atoms with Gasteiger partial charge >= 0.3 is 0 Å². The number of rotatable bonds is 3. The second kappa shape index (κ2) is 5.02. The van der Waals surface area contributed by atoms with E-state index < -0.39 is 5.91 Å². The number of aryl methyl sites for hydroxylation is 1. The molecule has 0 aliphatic rings. The molecule has 0 unspecified atom stereocenters. The minimum Gasteiger partial charge on any atom is -0.398 e. The second-order valence-corrected chi connectivity index (χ2v) is 4.53. The van der Waals surface area contributed by atoms with E-state index in [1.165, 1.54) is 5.56 Å². The first kappa shape index (κ1) is 13.0. The van der Waals surface area contributed by atoms with E-state index in [1.54, 1.807) is 12.1 Å². The van der Waals surface area contributed by atoms with E-state index in [2.05, 4.69) is 6.07 Å². The van der Waals surface area contributed by atoms with Crippen LogP contribution in [0.5, 0.6) is 0 Å². The van der Waals surface area contributed by atoms with Crippen LogP contribution < -0.4 is 16.4 Å². The zero-order valence-corrected chi connectivity index (χ0v) is 11.1. The summed E-state index contributed by atoms with van der Waals surface area (Å²) in [6.07, 6.45) is 0. The molecule has 4 N–H and O–H groups in total. The van der Waals surface area contributed by atoms with Gasteiger partial charge in [-0.25, -0.2) is 0 Å². The molecule has 0 aliphatic heterocycles. The number of nitrogens with zero attached hydrogens (tertiary/aromatic N) is 1. The molecular formula is C15H17N3O. The van der Waals surface area contributed by atoms with Crippen LogP contribution in [0.25, 0.3) is 0 Å². The fourth-order valence-electron chi connectivity index (χ4n) is 1.95. The van der Waals surface area contributed by atoms with Crippen LogP contribution in [0.3, 0.4) is 0 Å². The van der Waals surface area contributed by atoms with Crippen LogP contribution in [0.4, 0.5) is 17.1 Å². The highest BCUT2D eigenvalue weighted by Crippen LogP contribution is 2.27. The molecule has 2 aromatic carbocycles. The first-order chi connectivity index (χ1) is 8.99. The lowest BCUT2D eigenvalue weighted by atomic mass is 10.1. The molecule has 1 amide bonds. The molecule has 0 spiro atoms. The molecule has 0 radical (unpaired) electrons. The van der Waals surface area contributed by atoms with E-state index in [1.807, 2.05) is 43.1 Å². The van der Waals surface area contributed by atoms with Gasteiger partial charge in [0.1, 0.15) is 0 Å². The summed E-state index contributed by atoms with van der Waals surface area (Å²) in [5.74, 6) is -0.517. The van der Waals surface area contributed by atoms with Gasteiger partial charge in [0.15, 0.2) is 0 Å². The number of hydrogen-bond acceptors (Lipinski definition) is 3. The van der Waals surface area contributed by atoms with Crippen molar-refractivity contribution in [1.82, 2.24) is 0 Å². The molecule has 0 heterocycles. The third kappa shape index (κ3) is 2.68. The average Bonchev–Trinajstić information content (AvgIpc) is 2.38. The summed E-state index contributed by atoms with van der Waals surface area (Å²) in [4.78, 5) is 13.3. The van der Waals surface area contributed by atoms with Gasteiger partial charge in [0.25, 0.3) is 5.91 Å². The van der Waals surface area contributed by atoms with E-state index in [0.29, 0.717) is 11.3 Å². The number of hydrogen-bond donors (Lipinski definition) is 2. The van der Waals surface area contributed by atoms with Crippen molar-refractivity contribution in [1.29, 1.82) is 0 Å². The Labute approximate surface area is 112 Å². The van der Waals surface area contributed by atoms with Crippen molar-refractivity contribution in [2.75, 3.05) is 17.7 Å². The lowest BCUT2D eigenvalue weighted by Gasteiger charge is -2.21. The van der Waals surface area contributed by atoms with E-state index >= 15 is 0 Å². The largest absolute Gasteiger partial charge is 0.398 e. The van der Waals surface area contributed by atoms with Crippen molar-refractivity contribution in [3.8, 4) is 0 Å². The molecule has 0 saturated heterocycles. The first-order valence-corrected chi connectivity index (χ1v) is 5.99. The number of carbonyl (C=O) groups excluding carboxylic acids is 1. The van der Waals surface area contributed by atoms with E-state index in [4.69, 9.17) is 11.5 Å². The van der Waals surface area contributed by atoms with Crippen LogP contribution in [0.2, 0.25) is 0 Å². The summed E-state index contributed by atoms with van der Waals surface area (Å²) in [5.41, 5.74) is 14.9. The maximum Gasteiger partial charge on any atom is 0.250 e. The van der Waals surface area contributed by atoms with Gasteiger partial charge in [0.05, 0.1) is 5.56 Å². The Bertz CT molecular complexity index is 623. The molecule has 4 nitrogen and oxygen atoms in total. The van der Waals surface area contributed by atoms with Crippen molar-refractivity contribution in [3.05, 3.63) is 53.6 Å². The Balaban J connectivity index is 2.42. The zero-order chi connectivity index (χ0) is 14.0. The SMILES string of the molecule is Cc1cccc(N(C)c2ccc(N)c(C(N)=O)c2)c1. The van der Waals surface area contributed by atoms with Gasteiger partial charge in [-0.2, -0.15) is 0 Å². The maximum absolute atomic E-state index is 11.3.